The fraction of sp³-hybridized carbons (Fsp3) is 0.375. The van der Waals surface area contributed by atoms with E-state index in [9.17, 15) is 9.18 Å². The van der Waals surface area contributed by atoms with Crippen molar-refractivity contribution in [1.82, 2.24) is 9.97 Å². The second-order valence-electron chi connectivity index (χ2n) is 3.15. The molecule has 0 saturated heterocycles. The minimum absolute atomic E-state index is 0.226. The number of nitrogens with one attached hydrogen (secondary N) is 1. The number of amides is 1. The smallest absolute Gasteiger partial charge is 0.262 e. The van der Waals surface area contributed by atoms with Gasteiger partial charge in [0.1, 0.15) is 4.60 Å². The van der Waals surface area contributed by atoms with Gasteiger partial charge in [0.2, 0.25) is 0 Å². The van der Waals surface area contributed by atoms with Crippen LogP contribution < -0.4 is 5.32 Å². The molecule has 0 saturated carbocycles. The minimum atomic E-state index is -1.92. The van der Waals surface area contributed by atoms with Gasteiger partial charge >= 0.3 is 0 Å². The summed E-state index contributed by atoms with van der Waals surface area (Å²) >= 11 is 3.09. The van der Waals surface area contributed by atoms with Crippen LogP contribution in [0.25, 0.3) is 0 Å². The van der Waals surface area contributed by atoms with Crippen LogP contribution in [0.1, 0.15) is 13.8 Å². The molecule has 76 valence electrons. The van der Waals surface area contributed by atoms with Crippen molar-refractivity contribution in [2.45, 2.75) is 19.5 Å². The molecular weight excluding hydrogens is 253 g/mol. The molecule has 1 amide bonds. The molecule has 1 rings (SSSR count). The third kappa shape index (κ3) is 3.02. The molecule has 0 aliphatic rings. The van der Waals surface area contributed by atoms with Crippen molar-refractivity contribution in [3.8, 4) is 0 Å². The molecule has 0 spiro atoms. The van der Waals surface area contributed by atoms with E-state index in [1.54, 1.807) is 0 Å². The van der Waals surface area contributed by atoms with Crippen LogP contribution in [0, 0.1) is 0 Å². The Labute approximate surface area is 89.1 Å². The summed E-state index contributed by atoms with van der Waals surface area (Å²) < 4.78 is 13.6. The standard InChI is InChI=1S/C8H9BrFN3O/c1-8(2,10)7(14)13-6-4-11-5(9)3-12-6/h3-4H,1-2H3,(H,12,13,14). The predicted octanol–water partition coefficient (Wildman–Crippen LogP) is 1.93. The fourth-order valence-electron chi connectivity index (χ4n) is 0.642. The number of alkyl halides is 1. The highest BCUT2D eigenvalue weighted by Crippen LogP contribution is 2.12. The van der Waals surface area contributed by atoms with Crippen molar-refractivity contribution in [2.24, 2.45) is 0 Å². The molecule has 1 aromatic rings. The maximum atomic E-state index is 13.1. The molecule has 0 aliphatic heterocycles. The zero-order chi connectivity index (χ0) is 10.8. The number of aromatic nitrogens is 2. The number of nitrogens with zero attached hydrogens (tertiary/aromatic N) is 2. The number of halogens is 2. The van der Waals surface area contributed by atoms with Crippen molar-refractivity contribution >= 4 is 27.7 Å². The molecule has 1 heterocycles. The highest BCUT2D eigenvalue weighted by Gasteiger charge is 2.26. The van der Waals surface area contributed by atoms with Crippen molar-refractivity contribution < 1.29 is 9.18 Å². The Hall–Kier alpha value is -1.04. The summed E-state index contributed by atoms with van der Waals surface area (Å²) in [4.78, 5) is 18.8. The summed E-state index contributed by atoms with van der Waals surface area (Å²) in [7, 11) is 0. The van der Waals surface area contributed by atoms with E-state index in [-0.39, 0.29) is 5.82 Å². The second-order valence-corrected chi connectivity index (χ2v) is 3.96. The average Bonchev–Trinajstić information content (AvgIpc) is 2.07. The predicted molar refractivity (Wildman–Crippen MR) is 53.5 cm³/mol. The van der Waals surface area contributed by atoms with Crippen LogP contribution in [0.5, 0.6) is 0 Å². The number of hydrogen-bond donors (Lipinski definition) is 1. The summed E-state index contributed by atoms with van der Waals surface area (Å²) in [6.45, 7) is 2.35. The van der Waals surface area contributed by atoms with Crippen LogP contribution in [0.15, 0.2) is 17.0 Å². The van der Waals surface area contributed by atoms with Crippen LogP contribution in [-0.4, -0.2) is 21.5 Å². The zero-order valence-corrected chi connectivity index (χ0v) is 9.30. The fourth-order valence-corrected chi connectivity index (χ4v) is 0.847. The van der Waals surface area contributed by atoms with Crippen molar-refractivity contribution in [2.75, 3.05) is 5.32 Å². The first kappa shape index (κ1) is 11.0. The van der Waals surface area contributed by atoms with Gasteiger partial charge in [-0.1, -0.05) is 0 Å². The molecule has 0 bridgehead atoms. The lowest BCUT2D eigenvalue weighted by atomic mass is 10.1. The molecule has 0 atom stereocenters. The number of hydrogen-bond acceptors (Lipinski definition) is 3. The molecule has 6 heteroatoms. The van der Waals surface area contributed by atoms with Crippen molar-refractivity contribution in [3.05, 3.63) is 17.0 Å². The molecule has 1 aromatic heterocycles. The quantitative estimate of drug-likeness (QED) is 0.885. The van der Waals surface area contributed by atoms with E-state index in [0.29, 0.717) is 4.60 Å². The molecule has 14 heavy (non-hydrogen) atoms. The van der Waals surface area contributed by atoms with Crippen molar-refractivity contribution in [1.29, 1.82) is 0 Å². The highest BCUT2D eigenvalue weighted by atomic mass is 79.9. The molecule has 0 fully saturated rings. The number of carbonyl (C=O) groups is 1. The SMILES string of the molecule is CC(C)(F)C(=O)Nc1cnc(Br)cn1. The second kappa shape index (κ2) is 4.00. The molecule has 0 unspecified atom stereocenters. The first-order valence-corrected chi connectivity index (χ1v) is 4.67. The van der Waals surface area contributed by atoms with Crippen LogP contribution in [-0.2, 0) is 4.79 Å². The van der Waals surface area contributed by atoms with Gasteiger partial charge in [0.15, 0.2) is 11.5 Å². The summed E-state index contributed by atoms with van der Waals surface area (Å²) in [5.74, 6) is -0.516. The van der Waals surface area contributed by atoms with Crippen molar-refractivity contribution in [3.63, 3.8) is 0 Å². The first-order chi connectivity index (χ1) is 6.39. The normalized spacial score (nSPS) is 11.1. The number of carbonyl (C=O) groups excluding carboxylic acids is 1. The van der Waals surface area contributed by atoms with Gasteiger partial charge in [-0.2, -0.15) is 0 Å². The van der Waals surface area contributed by atoms with Gasteiger partial charge in [-0.15, -0.1) is 0 Å². The Bertz CT molecular complexity index is 333. The molecule has 4 nitrogen and oxygen atoms in total. The number of rotatable bonds is 2. The van der Waals surface area contributed by atoms with Gasteiger partial charge in [0.25, 0.3) is 5.91 Å². The van der Waals surface area contributed by atoms with Gasteiger partial charge in [-0.05, 0) is 29.8 Å². The Morgan fingerprint density at radius 3 is 2.57 bits per heavy atom. The van der Waals surface area contributed by atoms with E-state index in [4.69, 9.17) is 0 Å². The van der Waals surface area contributed by atoms with Crippen LogP contribution in [0.2, 0.25) is 0 Å². The van der Waals surface area contributed by atoms with Gasteiger partial charge < -0.3 is 5.32 Å². The molecule has 0 aromatic carbocycles. The third-order valence-electron chi connectivity index (χ3n) is 1.40. The van der Waals surface area contributed by atoms with Gasteiger partial charge in [0, 0.05) is 0 Å². The van der Waals surface area contributed by atoms with Crippen LogP contribution in [0.3, 0.4) is 0 Å². The number of anilines is 1. The summed E-state index contributed by atoms with van der Waals surface area (Å²) in [5.41, 5.74) is -1.92. The van der Waals surface area contributed by atoms with Gasteiger partial charge in [0.05, 0.1) is 12.4 Å². The van der Waals surface area contributed by atoms with Gasteiger partial charge in [-0.25, -0.2) is 14.4 Å². The molecule has 0 aliphatic carbocycles. The summed E-state index contributed by atoms with van der Waals surface area (Å²) in [6, 6.07) is 0. The molecular formula is C8H9BrFN3O. The maximum absolute atomic E-state index is 13.1. The van der Waals surface area contributed by atoms with Gasteiger partial charge in [-0.3, -0.25) is 4.79 Å². The topological polar surface area (TPSA) is 54.9 Å². The van der Waals surface area contributed by atoms with E-state index in [2.05, 4.69) is 31.2 Å². The van der Waals surface area contributed by atoms with E-state index >= 15 is 0 Å². The largest absolute Gasteiger partial charge is 0.307 e. The monoisotopic (exact) mass is 261 g/mol. The third-order valence-corrected chi connectivity index (χ3v) is 1.81. The minimum Gasteiger partial charge on any atom is -0.307 e. The lowest BCUT2D eigenvalue weighted by Crippen LogP contribution is -2.32. The summed E-state index contributed by atoms with van der Waals surface area (Å²) in [5, 5.41) is 2.30. The lowest BCUT2D eigenvalue weighted by Gasteiger charge is -2.12. The highest BCUT2D eigenvalue weighted by molar-refractivity contribution is 9.10. The van der Waals surface area contributed by atoms with E-state index in [1.807, 2.05) is 0 Å². The Kier molecular flexibility index (Phi) is 3.15. The Morgan fingerprint density at radius 1 is 1.50 bits per heavy atom. The summed E-state index contributed by atoms with van der Waals surface area (Å²) in [6.07, 6.45) is 2.76. The van der Waals surface area contributed by atoms with Crippen LogP contribution >= 0.6 is 15.9 Å². The zero-order valence-electron chi connectivity index (χ0n) is 7.71. The average molecular weight is 262 g/mol. The molecule has 1 N–H and O–H groups in total. The Morgan fingerprint density at radius 2 is 2.14 bits per heavy atom. The molecule has 0 radical (unpaired) electrons. The van der Waals surface area contributed by atoms with E-state index < -0.39 is 11.6 Å². The van der Waals surface area contributed by atoms with E-state index in [0.717, 1.165) is 0 Å². The maximum Gasteiger partial charge on any atom is 0.262 e. The van der Waals surface area contributed by atoms with E-state index in [1.165, 1.54) is 26.2 Å². The Balaban J connectivity index is 2.71. The lowest BCUT2D eigenvalue weighted by molar-refractivity contribution is -0.125. The first-order valence-electron chi connectivity index (χ1n) is 3.87. The van der Waals surface area contributed by atoms with Crippen LogP contribution in [0.4, 0.5) is 10.2 Å².